The molecule has 0 radical (unpaired) electrons. The zero-order valence-electron chi connectivity index (χ0n) is 9.01. The van der Waals surface area contributed by atoms with Crippen molar-refractivity contribution in [1.82, 2.24) is 5.32 Å². The molecule has 92 valence electrons. The van der Waals surface area contributed by atoms with Crippen molar-refractivity contribution >= 4 is 29.4 Å². The van der Waals surface area contributed by atoms with Gasteiger partial charge in [-0.05, 0) is 0 Å². The third-order valence-electron chi connectivity index (χ3n) is 1.94. The molecule has 1 aliphatic rings. The number of nitrogens with one attached hydrogen (secondary N) is 1. The predicted molar refractivity (Wildman–Crippen MR) is 63.7 cm³/mol. The molecule has 0 aliphatic carbocycles. The van der Waals surface area contributed by atoms with Crippen molar-refractivity contribution in [3.63, 3.8) is 0 Å². The monoisotopic (exact) mass is 256 g/mol. The van der Waals surface area contributed by atoms with Crippen LogP contribution in [-0.2, 0) is 14.4 Å². The number of carboxylic acids is 1. The van der Waals surface area contributed by atoms with Crippen LogP contribution in [0.15, 0.2) is 5.16 Å². The van der Waals surface area contributed by atoms with Crippen LogP contribution in [0.2, 0.25) is 0 Å². The first-order chi connectivity index (χ1) is 8.15. The maximum absolute atomic E-state index is 11.5. The summed E-state index contributed by atoms with van der Waals surface area (Å²) in [6, 6.07) is 0. The molecule has 0 spiro atoms. The third-order valence-corrected chi connectivity index (χ3v) is 2.80. The number of carbonyl (C=O) groups is 2. The zero-order valence-corrected chi connectivity index (χ0v) is 9.83. The fourth-order valence-electron chi connectivity index (χ4n) is 1.14. The van der Waals surface area contributed by atoms with Gasteiger partial charge in [-0.15, -0.1) is 18.2 Å². The van der Waals surface area contributed by atoms with Crippen LogP contribution in [0.3, 0.4) is 0 Å². The van der Waals surface area contributed by atoms with E-state index in [2.05, 4.69) is 16.4 Å². The molecule has 1 rings (SSSR count). The molecule has 1 aliphatic heterocycles. The molecular formula is C10H12N2O4S. The lowest BCUT2D eigenvalue weighted by Gasteiger charge is -2.08. The topological polar surface area (TPSA) is 88.0 Å². The molecule has 1 amide bonds. The molecule has 7 heteroatoms. The van der Waals surface area contributed by atoms with Gasteiger partial charge in [-0.2, -0.15) is 0 Å². The summed E-state index contributed by atoms with van der Waals surface area (Å²) < 4.78 is 0. The van der Waals surface area contributed by atoms with Crippen molar-refractivity contribution in [2.75, 3.05) is 18.1 Å². The number of nitrogens with zero attached hydrogens (tertiary/aromatic N) is 1. The van der Waals surface area contributed by atoms with Gasteiger partial charge in [0.05, 0.1) is 5.75 Å². The second-order valence-corrected chi connectivity index (χ2v) is 4.29. The van der Waals surface area contributed by atoms with E-state index >= 15 is 0 Å². The summed E-state index contributed by atoms with van der Waals surface area (Å²) in [5.74, 6) is 2.26. The molecule has 0 aromatic carbocycles. The number of hydrogen-bond acceptors (Lipinski definition) is 5. The van der Waals surface area contributed by atoms with Crippen molar-refractivity contribution in [2.24, 2.45) is 5.16 Å². The summed E-state index contributed by atoms with van der Waals surface area (Å²) in [6.07, 6.45) is 4.23. The number of rotatable bonds is 6. The molecule has 0 bridgehead atoms. The third kappa shape index (κ3) is 4.36. The van der Waals surface area contributed by atoms with Crippen LogP contribution in [0.1, 0.15) is 6.42 Å². The Kier molecular flexibility index (Phi) is 5.36. The highest BCUT2D eigenvalue weighted by molar-refractivity contribution is 7.99. The zero-order chi connectivity index (χ0) is 12.7. The largest absolute Gasteiger partial charge is 0.477 e. The Balaban J connectivity index is 2.19. The first kappa shape index (κ1) is 13.4. The SMILES string of the molecule is C#CCSCCNC(=O)C1CC(C(=O)O)=NO1. The Labute approximate surface area is 103 Å². The molecule has 0 saturated heterocycles. The standard InChI is InChI=1S/C10H12N2O4S/c1-2-4-17-5-3-11-9(13)8-6-7(10(14)15)12-16-8/h1,8H,3-6H2,(H,11,13)(H,14,15). The highest BCUT2D eigenvalue weighted by Crippen LogP contribution is 2.10. The molecule has 0 aromatic heterocycles. The molecule has 1 atom stereocenters. The molecule has 6 nitrogen and oxygen atoms in total. The summed E-state index contributed by atoms with van der Waals surface area (Å²) in [6.45, 7) is 0.466. The average Bonchev–Trinajstić information content (AvgIpc) is 2.78. The Hall–Kier alpha value is -1.68. The van der Waals surface area contributed by atoms with Crippen molar-refractivity contribution in [3.05, 3.63) is 0 Å². The maximum atomic E-state index is 11.5. The summed E-state index contributed by atoms with van der Waals surface area (Å²) >= 11 is 1.53. The van der Waals surface area contributed by atoms with Crippen LogP contribution in [0.5, 0.6) is 0 Å². The van der Waals surface area contributed by atoms with Gasteiger partial charge >= 0.3 is 5.97 Å². The number of carbonyl (C=O) groups excluding carboxylic acids is 1. The molecule has 2 N–H and O–H groups in total. The molecule has 1 unspecified atom stereocenters. The molecule has 1 heterocycles. The van der Waals surface area contributed by atoms with Crippen LogP contribution in [-0.4, -0.2) is 46.8 Å². The van der Waals surface area contributed by atoms with Gasteiger partial charge in [0.15, 0.2) is 5.71 Å². The number of amides is 1. The second-order valence-electron chi connectivity index (χ2n) is 3.19. The van der Waals surface area contributed by atoms with E-state index in [1.807, 2.05) is 0 Å². The van der Waals surface area contributed by atoms with Gasteiger partial charge in [0.2, 0.25) is 6.10 Å². The van der Waals surface area contributed by atoms with Crippen molar-refractivity contribution in [3.8, 4) is 12.3 Å². The van der Waals surface area contributed by atoms with Crippen molar-refractivity contribution < 1.29 is 19.5 Å². The summed E-state index contributed by atoms with van der Waals surface area (Å²) in [7, 11) is 0. The van der Waals surface area contributed by atoms with Gasteiger partial charge in [0.1, 0.15) is 0 Å². The number of thioether (sulfide) groups is 1. The molecule has 0 aromatic rings. The smallest absolute Gasteiger partial charge is 0.353 e. The summed E-state index contributed by atoms with van der Waals surface area (Å²) in [4.78, 5) is 26.8. The van der Waals surface area contributed by atoms with Gasteiger partial charge in [-0.3, -0.25) is 4.79 Å². The van der Waals surface area contributed by atoms with E-state index in [1.54, 1.807) is 0 Å². The van der Waals surface area contributed by atoms with Gasteiger partial charge in [-0.1, -0.05) is 11.1 Å². The average molecular weight is 256 g/mol. The van der Waals surface area contributed by atoms with E-state index in [0.29, 0.717) is 18.1 Å². The van der Waals surface area contributed by atoms with Crippen molar-refractivity contribution in [1.29, 1.82) is 0 Å². The van der Waals surface area contributed by atoms with Gasteiger partial charge in [-0.25, -0.2) is 4.79 Å². The van der Waals surface area contributed by atoms with E-state index in [1.165, 1.54) is 11.8 Å². The fourth-order valence-corrected chi connectivity index (χ4v) is 1.64. The molecular weight excluding hydrogens is 244 g/mol. The van der Waals surface area contributed by atoms with Gasteiger partial charge in [0.25, 0.3) is 5.91 Å². The maximum Gasteiger partial charge on any atom is 0.353 e. The highest BCUT2D eigenvalue weighted by atomic mass is 32.2. The lowest BCUT2D eigenvalue weighted by atomic mass is 10.2. The van der Waals surface area contributed by atoms with E-state index < -0.39 is 12.1 Å². The van der Waals surface area contributed by atoms with Gasteiger partial charge < -0.3 is 15.3 Å². The van der Waals surface area contributed by atoms with Crippen molar-refractivity contribution in [2.45, 2.75) is 12.5 Å². The molecule has 0 saturated carbocycles. The van der Waals surface area contributed by atoms with E-state index in [4.69, 9.17) is 16.4 Å². The Morgan fingerprint density at radius 1 is 1.71 bits per heavy atom. The fraction of sp³-hybridized carbons (Fsp3) is 0.500. The van der Waals surface area contributed by atoms with Crippen LogP contribution in [0.4, 0.5) is 0 Å². The quantitative estimate of drug-likeness (QED) is 0.503. The molecule has 17 heavy (non-hydrogen) atoms. The number of terminal acetylenes is 1. The number of oxime groups is 1. The Morgan fingerprint density at radius 3 is 3.06 bits per heavy atom. The van der Waals surface area contributed by atoms with Crippen LogP contribution in [0, 0.1) is 12.3 Å². The van der Waals surface area contributed by atoms with Crippen LogP contribution < -0.4 is 5.32 Å². The minimum Gasteiger partial charge on any atom is -0.477 e. The minimum absolute atomic E-state index is 0.00132. The van der Waals surface area contributed by atoms with E-state index in [0.717, 1.165) is 0 Å². The number of hydrogen-bond donors (Lipinski definition) is 2. The second kappa shape index (κ2) is 6.81. The lowest BCUT2D eigenvalue weighted by Crippen LogP contribution is -2.36. The molecule has 0 fully saturated rings. The van der Waals surface area contributed by atoms with E-state index in [9.17, 15) is 9.59 Å². The van der Waals surface area contributed by atoms with Crippen LogP contribution in [0.25, 0.3) is 0 Å². The minimum atomic E-state index is -1.16. The first-order valence-corrected chi connectivity index (χ1v) is 6.05. The normalized spacial score (nSPS) is 17.8. The predicted octanol–water partition coefficient (Wildman–Crippen LogP) is -0.301. The summed E-state index contributed by atoms with van der Waals surface area (Å²) in [5.41, 5.74) is -0.133. The first-order valence-electron chi connectivity index (χ1n) is 4.90. The van der Waals surface area contributed by atoms with E-state index in [-0.39, 0.29) is 18.0 Å². The Morgan fingerprint density at radius 2 is 2.47 bits per heavy atom. The number of carboxylic acid groups (broad SMARTS) is 1. The summed E-state index contributed by atoms with van der Waals surface area (Å²) in [5, 5.41) is 14.6. The van der Waals surface area contributed by atoms with Gasteiger partial charge in [0, 0.05) is 18.7 Å². The Bertz CT molecular complexity index is 375. The number of aliphatic carboxylic acids is 1. The lowest BCUT2D eigenvalue weighted by molar-refractivity contribution is -0.131. The van der Waals surface area contributed by atoms with Crippen LogP contribution >= 0.6 is 11.8 Å². The highest BCUT2D eigenvalue weighted by Gasteiger charge is 2.31.